The lowest BCUT2D eigenvalue weighted by Crippen LogP contribution is -1.93. The van der Waals surface area contributed by atoms with Crippen LogP contribution in [0.1, 0.15) is 38.3 Å². The quantitative estimate of drug-likeness (QED) is 0.652. The second kappa shape index (κ2) is 6.61. The van der Waals surface area contributed by atoms with Crippen molar-refractivity contribution >= 4 is 23.5 Å². The third kappa shape index (κ3) is 4.01. The van der Waals surface area contributed by atoms with Crippen molar-refractivity contribution in [2.75, 3.05) is 0 Å². The molecule has 1 aromatic carbocycles. The molecule has 17 heavy (non-hydrogen) atoms. The van der Waals surface area contributed by atoms with Crippen molar-refractivity contribution in [1.29, 1.82) is 0 Å². The molecule has 0 amide bonds. The molecule has 1 rings (SSSR count). The van der Waals surface area contributed by atoms with Crippen molar-refractivity contribution in [3.63, 3.8) is 0 Å². The Morgan fingerprint density at radius 1 is 1.47 bits per heavy atom. The maximum Gasteiger partial charge on any atom is 0.0641 e. The van der Waals surface area contributed by atoms with Crippen molar-refractivity contribution in [3.05, 3.63) is 40.9 Å². The summed E-state index contributed by atoms with van der Waals surface area (Å²) in [5, 5.41) is 0.716. The molecule has 0 radical (unpaired) electrons. The molecule has 0 bridgehead atoms. The van der Waals surface area contributed by atoms with Crippen LogP contribution in [-0.2, 0) is 6.42 Å². The van der Waals surface area contributed by atoms with E-state index in [-0.39, 0.29) is 0 Å². The van der Waals surface area contributed by atoms with Crippen LogP contribution in [0.4, 0.5) is 0 Å². The Balaban J connectivity index is 2.92. The van der Waals surface area contributed by atoms with Gasteiger partial charge in [0, 0.05) is 16.8 Å². The van der Waals surface area contributed by atoms with E-state index in [9.17, 15) is 0 Å². The minimum absolute atomic E-state index is 0.472. The Labute approximate surface area is 109 Å². The van der Waals surface area contributed by atoms with E-state index in [1.54, 1.807) is 0 Å². The summed E-state index contributed by atoms with van der Waals surface area (Å²) in [5.74, 6) is 0.472. The van der Waals surface area contributed by atoms with Crippen LogP contribution in [0.5, 0.6) is 0 Å². The second-order valence-corrected chi connectivity index (χ2v) is 4.69. The van der Waals surface area contributed by atoms with Crippen LogP contribution < -0.4 is 0 Å². The highest BCUT2D eigenvalue weighted by atomic mass is 35.5. The van der Waals surface area contributed by atoms with Gasteiger partial charge >= 0.3 is 0 Å². The summed E-state index contributed by atoms with van der Waals surface area (Å²) in [7, 11) is 0. The standard InChI is InChI=1S/C15H20ClN/c1-5-11(3)10-17-12(4)14-9-13(6-2)7-8-15(14)16/h7-11H,4-6H2,1-3H3. The first-order valence-electron chi connectivity index (χ1n) is 6.10. The smallest absolute Gasteiger partial charge is 0.0641 e. The molecule has 0 aliphatic carbocycles. The van der Waals surface area contributed by atoms with Gasteiger partial charge in [0.15, 0.2) is 0 Å². The predicted octanol–water partition coefficient (Wildman–Crippen LogP) is 4.99. The van der Waals surface area contributed by atoms with Crippen molar-refractivity contribution < 1.29 is 0 Å². The molecule has 0 saturated heterocycles. The summed E-state index contributed by atoms with van der Waals surface area (Å²) in [6.07, 6.45) is 4.02. The van der Waals surface area contributed by atoms with E-state index in [0.29, 0.717) is 10.9 Å². The van der Waals surface area contributed by atoms with Gasteiger partial charge in [-0.3, -0.25) is 4.99 Å². The van der Waals surface area contributed by atoms with Gasteiger partial charge in [-0.1, -0.05) is 45.0 Å². The van der Waals surface area contributed by atoms with Crippen LogP contribution in [0.3, 0.4) is 0 Å². The molecular formula is C15H20ClN. The highest BCUT2D eigenvalue weighted by Crippen LogP contribution is 2.25. The highest BCUT2D eigenvalue weighted by molar-refractivity contribution is 6.32. The van der Waals surface area contributed by atoms with Gasteiger partial charge in [0.2, 0.25) is 0 Å². The van der Waals surface area contributed by atoms with Crippen LogP contribution in [0.25, 0.3) is 5.70 Å². The molecule has 1 unspecified atom stereocenters. The first-order valence-corrected chi connectivity index (χ1v) is 6.48. The van der Waals surface area contributed by atoms with Crippen molar-refractivity contribution in [2.45, 2.75) is 33.6 Å². The third-order valence-corrected chi connectivity index (χ3v) is 3.21. The maximum atomic E-state index is 6.16. The van der Waals surface area contributed by atoms with Gasteiger partial charge in [-0.15, -0.1) is 0 Å². The maximum absolute atomic E-state index is 6.16. The summed E-state index contributed by atoms with van der Waals surface area (Å²) in [4.78, 5) is 4.40. The predicted molar refractivity (Wildman–Crippen MR) is 77.8 cm³/mol. The number of hydrogen-bond acceptors (Lipinski definition) is 1. The number of benzene rings is 1. The van der Waals surface area contributed by atoms with Gasteiger partial charge in [-0.05, 0) is 36.5 Å². The fourth-order valence-corrected chi connectivity index (χ4v) is 1.63. The van der Waals surface area contributed by atoms with E-state index in [0.717, 1.165) is 24.1 Å². The number of halogens is 1. The van der Waals surface area contributed by atoms with Gasteiger partial charge in [0.25, 0.3) is 0 Å². The Bertz CT molecular complexity index is 421. The van der Waals surface area contributed by atoms with Crippen molar-refractivity contribution in [2.24, 2.45) is 10.9 Å². The Morgan fingerprint density at radius 2 is 2.18 bits per heavy atom. The molecule has 0 heterocycles. The first kappa shape index (κ1) is 14.0. The normalized spacial score (nSPS) is 12.9. The van der Waals surface area contributed by atoms with E-state index in [1.165, 1.54) is 5.56 Å². The molecular weight excluding hydrogens is 230 g/mol. The van der Waals surface area contributed by atoms with E-state index in [2.05, 4.69) is 38.4 Å². The van der Waals surface area contributed by atoms with Gasteiger partial charge in [-0.2, -0.15) is 0 Å². The average molecular weight is 250 g/mol. The van der Waals surface area contributed by atoms with E-state index in [1.807, 2.05) is 18.3 Å². The van der Waals surface area contributed by atoms with E-state index >= 15 is 0 Å². The van der Waals surface area contributed by atoms with Crippen molar-refractivity contribution in [3.8, 4) is 0 Å². The minimum Gasteiger partial charge on any atom is -0.261 e. The van der Waals surface area contributed by atoms with Gasteiger partial charge in [0.05, 0.1) is 5.70 Å². The summed E-state index contributed by atoms with van der Waals surface area (Å²) in [6, 6.07) is 6.02. The fourth-order valence-electron chi connectivity index (χ4n) is 1.41. The molecule has 0 aromatic heterocycles. The molecule has 1 atom stereocenters. The first-order chi connectivity index (χ1) is 8.08. The average Bonchev–Trinajstić information content (AvgIpc) is 2.36. The number of hydrogen-bond donors (Lipinski definition) is 0. The molecule has 1 nitrogen and oxygen atoms in total. The van der Waals surface area contributed by atoms with E-state index in [4.69, 9.17) is 11.6 Å². The molecule has 0 saturated carbocycles. The molecule has 0 spiro atoms. The van der Waals surface area contributed by atoms with Crippen LogP contribution in [-0.4, -0.2) is 6.21 Å². The minimum atomic E-state index is 0.472. The highest BCUT2D eigenvalue weighted by Gasteiger charge is 2.04. The molecule has 2 heteroatoms. The summed E-state index contributed by atoms with van der Waals surface area (Å²) in [5.41, 5.74) is 2.93. The zero-order valence-corrected chi connectivity index (χ0v) is 11.6. The molecule has 0 N–H and O–H groups in total. The summed E-state index contributed by atoms with van der Waals surface area (Å²) >= 11 is 6.16. The van der Waals surface area contributed by atoms with E-state index < -0.39 is 0 Å². The third-order valence-electron chi connectivity index (χ3n) is 2.88. The van der Waals surface area contributed by atoms with Crippen LogP contribution >= 0.6 is 11.6 Å². The zero-order chi connectivity index (χ0) is 12.8. The topological polar surface area (TPSA) is 12.4 Å². The monoisotopic (exact) mass is 249 g/mol. The van der Waals surface area contributed by atoms with Gasteiger partial charge < -0.3 is 0 Å². The Kier molecular flexibility index (Phi) is 5.43. The lowest BCUT2D eigenvalue weighted by atomic mass is 10.1. The zero-order valence-electron chi connectivity index (χ0n) is 10.8. The molecule has 0 fully saturated rings. The largest absolute Gasteiger partial charge is 0.261 e. The second-order valence-electron chi connectivity index (χ2n) is 4.28. The lowest BCUT2D eigenvalue weighted by Gasteiger charge is -2.07. The Morgan fingerprint density at radius 3 is 2.76 bits per heavy atom. The van der Waals surface area contributed by atoms with Gasteiger partial charge in [0.1, 0.15) is 0 Å². The number of aryl methyl sites for hydroxylation is 1. The lowest BCUT2D eigenvalue weighted by molar-refractivity contribution is 0.755. The molecule has 0 aliphatic heterocycles. The summed E-state index contributed by atoms with van der Waals surface area (Å²) < 4.78 is 0. The van der Waals surface area contributed by atoms with Crippen LogP contribution in [0, 0.1) is 5.92 Å². The van der Waals surface area contributed by atoms with Crippen molar-refractivity contribution in [1.82, 2.24) is 0 Å². The number of rotatable bonds is 5. The van der Waals surface area contributed by atoms with Gasteiger partial charge in [-0.25, -0.2) is 0 Å². The SMILES string of the molecule is C=C(N=CC(C)CC)c1cc(CC)ccc1Cl. The van der Waals surface area contributed by atoms with Crippen LogP contribution in [0.2, 0.25) is 5.02 Å². The number of aliphatic imine (C=N–C) groups is 1. The number of nitrogens with zero attached hydrogens (tertiary/aromatic N) is 1. The molecule has 1 aromatic rings. The Hall–Kier alpha value is -1.08. The molecule has 92 valence electrons. The fraction of sp³-hybridized carbons (Fsp3) is 0.400. The summed E-state index contributed by atoms with van der Waals surface area (Å²) in [6.45, 7) is 10.4. The molecule has 0 aliphatic rings. The van der Waals surface area contributed by atoms with Crippen LogP contribution in [0.15, 0.2) is 29.8 Å².